The van der Waals surface area contributed by atoms with E-state index in [1.54, 1.807) is 0 Å². The molecular formula is C58H39NO. The number of nitrogens with zero attached hydrogens (tertiary/aromatic N) is 1. The molecule has 1 heterocycles. The molecule has 13 rings (SSSR count). The summed E-state index contributed by atoms with van der Waals surface area (Å²) in [5.41, 5.74) is 15.4. The minimum absolute atomic E-state index is 0.160. The first-order chi connectivity index (χ1) is 29.5. The summed E-state index contributed by atoms with van der Waals surface area (Å²) in [4.78, 5) is 2.56. The predicted molar refractivity (Wildman–Crippen MR) is 249 cm³/mol. The summed E-state index contributed by atoms with van der Waals surface area (Å²) in [6, 6.07) is 74.3. The van der Waals surface area contributed by atoms with E-state index in [2.05, 4.69) is 219 Å². The topological polar surface area (TPSA) is 12.5 Å². The van der Waals surface area contributed by atoms with Gasteiger partial charge in [-0.3, -0.25) is 0 Å². The second-order valence-corrected chi connectivity index (χ2v) is 17.2. The van der Waals surface area contributed by atoms with Crippen molar-refractivity contribution < 1.29 is 4.74 Å². The zero-order valence-electron chi connectivity index (χ0n) is 33.4. The maximum atomic E-state index is 6.99. The minimum atomic E-state index is -0.616. The SMILES string of the molecule is CC1(C)c2ccccc2-c2ccc(N(c3cccc4c3-c3ccccc3C43c4ccccc4Oc4c3ccc3ccccc43)c3cc4ccccc4c4ccccc34)cc21. The smallest absolute Gasteiger partial charge is 0.140 e. The van der Waals surface area contributed by atoms with Gasteiger partial charge in [0.15, 0.2) is 0 Å². The highest BCUT2D eigenvalue weighted by molar-refractivity contribution is 6.15. The molecular weight excluding hydrogens is 727 g/mol. The molecule has 0 N–H and O–H groups in total. The molecule has 0 radical (unpaired) electrons. The van der Waals surface area contributed by atoms with Crippen LogP contribution < -0.4 is 9.64 Å². The lowest BCUT2D eigenvalue weighted by Crippen LogP contribution is -2.32. The maximum absolute atomic E-state index is 6.99. The van der Waals surface area contributed by atoms with E-state index in [0.717, 1.165) is 39.5 Å². The standard InChI is InChI=1S/C58H39NO/c1-57(2)46-24-11-9-21-42(46)43-32-31-38(35-51(43)57)59(53-34-37-17-4-5-18-39(37)41-20-7-8-22-44(41)53)52-28-15-27-49-55(52)45-23-10-12-25-47(45)58(49)48-26-13-14-29-54(48)60-56-40-19-6-3-16-36(40)30-33-50(56)58/h3-35H,1-2H3. The van der Waals surface area contributed by atoms with Gasteiger partial charge in [-0.1, -0.05) is 184 Å². The second-order valence-electron chi connectivity index (χ2n) is 17.2. The lowest BCUT2D eigenvalue weighted by atomic mass is 9.65. The van der Waals surface area contributed by atoms with Gasteiger partial charge < -0.3 is 9.64 Å². The molecule has 1 spiro atoms. The van der Waals surface area contributed by atoms with E-state index in [4.69, 9.17) is 4.74 Å². The quantitative estimate of drug-likeness (QED) is 0.166. The van der Waals surface area contributed by atoms with Crippen LogP contribution in [0.1, 0.15) is 47.2 Å². The lowest BCUT2D eigenvalue weighted by molar-refractivity contribution is 0.441. The van der Waals surface area contributed by atoms with E-state index < -0.39 is 5.41 Å². The molecule has 2 heteroatoms. The van der Waals surface area contributed by atoms with Crippen molar-refractivity contribution in [3.8, 4) is 33.8 Å². The van der Waals surface area contributed by atoms with Crippen LogP contribution in [-0.2, 0) is 10.8 Å². The van der Waals surface area contributed by atoms with Crippen LogP contribution in [0.4, 0.5) is 17.1 Å². The molecule has 60 heavy (non-hydrogen) atoms. The summed E-state index contributed by atoms with van der Waals surface area (Å²) >= 11 is 0. The van der Waals surface area contributed by atoms with Crippen molar-refractivity contribution in [1.29, 1.82) is 0 Å². The number of hydrogen-bond donors (Lipinski definition) is 0. The van der Waals surface area contributed by atoms with Crippen molar-refractivity contribution in [2.75, 3.05) is 4.90 Å². The van der Waals surface area contributed by atoms with E-state index in [1.165, 1.54) is 77.0 Å². The van der Waals surface area contributed by atoms with Gasteiger partial charge in [0.05, 0.1) is 16.8 Å². The average molecular weight is 766 g/mol. The van der Waals surface area contributed by atoms with Crippen molar-refractivity contribution in [2.24, 2.45) is 0 Å². The number of para-hydroxylation sites is 1. The van der Waals surface area contributed by atoms with Gasteiger partial charge in [0.25, 0.3) is 0 Å². The molecule has 1 aliphatic heterocycles. The van der Waals surface area contributed by atoms with Crippen LogP contribution in [-0.4, -0.2) is 0 Å². The summed E-state index contributed by atoms with van der Waals surface area (Å²) in [5.74, 6) is 1.82. The van der Waals surface area contributed by atoms with E-state index in [1.807, 2.05) is 0 Å². The van der Waals surface area contributed by atoms with Gasteiger partial charge in [-0.15, -0.1) is 0 Å². The minimum Gasteiger partial charge on any atom is -0.456 e. The normalized spacial score (nSPS) is 16.2. The van der Waals surface area contributed by atoms with Crippen LogP contribution in [0.2, 0.25) is 0 Å². The largest absolute Gasteiger partial charge is 0.456 e. The molecule has 1 atom stereocenters. The number of benzene rings is 10. The Kier molecular flexibility index (Phi) is 6.74. The number of ether oxygens (including phenoxy) is 1. The Hall–Kier alpha value is -7.42. The highest BCUT2D eigenvalue weighted by Crippen LogP contribution is 2.65. The Balaban J connectivity index is 1.16. The average Bonchev–Trinajstić information content (AvgIpc) is 3.72. The highest BCUT2D eigenvalue weighted by Gasteiger charge is 2.52. The Morgan fingerprint density at radius 2 is 1.02 bits per heavy atom. The summed E-state index contributed by atoms with van der Waals surface area (Å²) in [5, 5.41) is 7.22. The van der Waals surface area contributed by atoms with Crippen molar-refractivity contribution in [3.63, 3.8) is 0 Å². The zero-order valence-corrected chi connectivity index (χ0v) is 33.4. The van der Waals surface area contributed by atoms with Crippen molar-refractivity contribution in [2.45, 2.75) is 24.7 Å². The number of anilines is 3. The highest BCUT2D eigenvalue weighted by atomic mass is 16.5. The third kappa shape index (κ3) is 4.27. The fraction of sp³-hybridized carbons (Fsp3) is 0.0690. The van der Waals surface area contributed by atoms with E-state index in [0.29, 0.717) is 0 Å². The van der Waals surface area contributed by atoms with Gasteiger partial charge >= 0.3 is 0 Å². The fourth-order valence-electron chi connectivity index (χ4n) is 11.3. The van der Waals surface area contributed by atoms with E-state index >= 15 is 0 Å². The van der Waals surface area contributed by atoms with Crippen LogP contribution in [0.3, 0.4) is 0 Å². The Morgan fingerprint density at radius 3 is 1.87 bits per heavy atom. The molecule has 282 valence electrons. The first-order valence-corrected chi connectivity index (χ1v) is 21.0. The molecule has 2 nitrogen and oxygen atoms in total. The van der Waals surface area contributed by atoms with Crippen LogP contribution in [0.15, 0.2) is 200 Å². The number of rotatable bonds is 3. The molecule has 1 unspecified atom stereocenters. The van der Waals surface area contributed by atoms with Gasteiger partial charge in [-0.2, -0.15) is 0 Å². The van der Waals surface area contributed by atoms with Gasteiger partial charge in [-0.05, 0) is 90.8 Å². The third-order valence-corrected chi connectivity index (χ3v) is 13.9. The molecule has 2 aliphatic carbocycles. The monoisotopic (exact) mass is 765 g/mol. The lowest BCUT2D eigenvalue weighted by Gasteiger charge is -2.40. The number of hydrogen-bond acceptors (Lipinski definition) is 2. The molecule has 0 saturated heterocycles. The Morgan fingerprint density at radius 1 is 0.383 bits per heavy atom. The molecule has 0 aromatic heterocycles. The van der Waals surface area contributed by atoms with E-state index in [9.17, 15) is 0 Å². The Labute approximate surface area is 349 Å². The van der Waals surface area contributed by atoms with Gasteiger partial charge in [0.1, 0.15) is 11.5 Å². The predicted octanol–water partition coefficient (Wildman–Crippen LogP) is 15.4. The molecule has 3 aliphatic rings. The molecule has 0 bridgehead atoms. The molecule has 0 saturated carbocycles. The van der Waals surface area contributed by atoms with E-state index in [-0.39, 0.29) is 5.41 Å². The van der Waals surface area contributed by atoms with Crippen molar-refractivity contribution in [3.05, 3.63) is 234 Å². The first kappa shape index (κ1) is 33.5. The van der Waals surface area contributed by atoms with Crippen molar-refractivity contribution >= 4 is 49.4 Å². The molecule has 0 fully saturated rings. The Bertz CT molecular complexity index is 3470. The zero-order chi connectivity index (χ0) is 39.7. The summed E-state index contributed by atoms with van der Waals surface area (Å²) < 4.78 is 6.99. The fourth-order valence-corrected chi connectivity index (χ4v) is 11.3. The molecule has 0 amide bonds. The van der Waals surface area contributed by atoms with Gasteiger partial charge in [0.2, 0.25) is 0 Å². The molecule has 10 aromatic rings. The van der Waals surface area contributed by atoms with Crippen molar-refractivity contribution in [1.82, 2.24) is 0 Å². The van der Waals surface area contributed by atoms with Crippen LogP contribution >= 0.6 is 0 Å². The summed E-state index contributed by atoms with van der Waals surface area (Å²) in [6.07, 6.45) is 0. The third-order valence-electron chi connectivity index (χ3n) is 13.9. The maximum Gasteiger partial charge on any atom is 0.140 e. The number of fused-ring (bicyclic) bond motifs is 17. The summed E-state index contributed by atoms with van der Waals surface area (Å²) in [7, 11) is 0. The van der Waals surface area contributed by atoms with Crippen LogP contribution in [0, 0.1) is 0 Å². The second kappa shape index (κ2) is 12.1. The van der Waals surface area contributed by atoms with Crippen LogP contribution in [0.25, 0.3) is 54.6 Å². The molecule has 10 aromatic carbocycles. The van der Waals surface area contributed by atoms with Crippen LogP contribution in [0.5, 0.6) is 11.5 Å². The van der Waals surface area contributed by atoms with Gasteiger partial charge in [0, 0.05) is 38.6 Å². The van der Waals surface area contributed by atoms with Gasteiger partial charge in [-0.25, -0.2) is 0 Å². The summed E-state index contributed by atoms with van der Waals surface area (Å²) in [6.45, 7) is 4.75. The first-order valence-electron chi connectivity index (χ1n) is 21.0.